The number of nitrogens with one attached hydrogen (secondary N) is 2. The lowest BCUT2D eigenvalue weighted by Crippen LogP contribution is -2.29. The number of carbonyl (C=O) groups is 1. The van der Waals surface area contributed by atoms with E-state index in [9.17, 15) is 13.6 Å². The van der Waals surface area contributed by atoms with E-state index in [0.717, 1.165) is 5.56 Å². The topological polar surface area (TPSA) is 41.1 Å². The molecule has 21 heavy (non-hydrogen) atoms. The Morgan fingerprint density at radius 3 is 2.43 bits per heavy atom. The molecule has 0 saturated carbocycles. The van der Waals surface area contributed by atoms with Gasteiger partial charge in [-0.25, -0.2) is 8.78 Å². The summed E-state index contributed by atoms with van der Waals surface area (Å²) in [7, 11) is 0. The molecule has 0 fully saturated rings. The number of hydrogen-bond donors (Lipinski definition) is 2. The number of benzene rings is 2. The van der Waals surface area contributed by atoms with E-state index in [-0.39, 0.29) is 24.0 Å². The first-order valence-corrected chi connectivity index (χ1v) is 6.65. The third-order valence-corrected chi connectivity index (χ3v) is 2.94. The van der Waals surface area contributed by atoms with Gasteiger partial charge in [0, 0.05) is 0 Å². The number of para-hydroxylation sites is 1. The molecule has 2 aromatic carbocycles. The van der Waals surface area contributed by atoms with Gasteiger partial charge < -0.3 is 10.6 Å². The molecule has 0 spiro atoms. The number of hydrogen-bond acceptors (Lipinski definition) is 2. The second-order valence-electron chi connectivity index (χ2n) is 4.58. The zero-order valence-corrected chi connectivity index (χ0v) is 11.4. The zero-order chi connectivity index (χ0) is 15.1. The molecule has 0 aliphatic heterocycles. The Morgan fingerprint density at radius 1 is 1.00 bits per heavy atom. The van der Waals surface area contributed by atoms with Gasteiger partial charge in [-0.05, 0) is 42.8 Å². The first kappa shape index (κ1) is 15.1. The van der Waals surface area contributed by atoms with E-state index in [4.69, 9.17) is 0 Å². The second kappa shape index (κ2) is 7.50. The van der Waals surface area contributed by atoms with Crippen molar-refractivity contribution in [3.63, 3.8) is 0 Å². The van der Waals surface area contributed by atoms with E-state index in [1.54, 1.807) is 24.3 Å². The molecular weight excluding hydrogens is 274 g/mol. The van der Waals surface area contributed by atoms with Gasteiger partial charge in [-0.3, -0.25) is 4.79 Å². The lowest BCUT2D eigenvalue weighted by Gasteiger charge is -2.07. The maximum absolute atomic E-state index is 13.3. The quantitative estimate of drug-likeness (QED) is 0.803. The molecule has 2 rings (SSSR count). The number of rotatable bonds is 6. The van der Waals surface area contributed by atoms with Crippen LogP contribution in [-0.2, 0) is 11.2 Å². The largest absolute Gasteiger partial charge is 0.322 e. The number of carbonyl (C=O) groups excluding carboxylic acids is 1. The average molecular weight is 290 g/mol. The van der Waals surface area contributed by atoms with Gasteiger partial charge in [0.25, 0.3) is 0 Å². The van der Waals surface area contributed by atoms with Crippen molar-refractivity contribution in [1.82, 2.24) is 5.32 Å². The van der Waals surface area contributed by atoms with Crippen molar-refractivity contribution < 1.29 is 13.6 Å². The standard InChI is InChI=1S/C16H16F2N2O/c17-13-7-5-12(6-8-13)9-10-19-11-16(21)20-15-4-2-1-3-14(15)18/h1-8,19H,9-11H2,(H,20,21). The van der Waals surface area contributed by atoms with E-state index in [2.05, 4.69) is 10.6 Å². The van der Waals surface area contributed by atoms with Crippen molar-refractivity contribution in [3.8, 4) is 0 Å². The average Bonchev–Trinajstić information content (AvgIpc) is 2.48. The Morgan fingerprint density at radius 2 is 1.71 bits per heavy atom. The van der Waals surface area contributed by atoms with Crippen molar-refractivity contribution in [1.29, 1.82) is 0 Å². The van der Waals surface area contributed by atoms with Crippen molar-refractivity contribution in [2.75, 3.05) is 18.4 Å². The van der Waals surface area contributed by atoms with Crippen LogP contribution in [0.4, 0.5) is 14.5 Å². The maximum atomic E-state index is 13.3. The molecule has 0 saturated heterocycles. The zero-order valence-electron chi connectivity index (χ0n) is 11.4. The normalized spacial score (nSPS) is 10.4. The summed E-state index contributed by atoms with van der Waals surface area (Å²) in [4.78, 5) is 11.6. The molecule has 3 nitrogen and oxygen atoms in total. The number of halogens is 2. The highest BCUT2D eigenvalue weighted by molar-refractivity contribution is 5.92. The van der Waals surface area contributed by atoms with E-state index in [1.165, 1.54) is 24.3 Å². The molecule has 0 radical (unpaired) electrons. The summed E-state index contributed by atoms with van der Waals surface area (Å²) < 4.78 is 26.0. The molecule has 0 aromatic heterocycles. The van der Waals surface area contributed by atoms with Crippen LogP contribution in [0, 0.1) is 11.6 Å². The van der Waals surface area contributed by atoms with Gasteiger partial charge in [0.05, 0.1) is 12.2 Å². The van der Waals surface area contributed by atoms with Crippen LogP contribution in [0.15, 0.2) is 48.5 Å². The highest BCUT2D eigenvalue weighted by Crippen LogP contribution is 2.11. The van der Waals surface area contributed by atoms with E-state index < -0.39 is 5.82 Å². The first-order valence-electron chi connectivity index (χ1n) is 6.65. The third kappa shape index (κ3) is 4.96. The van der Waals surface area contributed by atoms with E-state index in [0.29, 0.717) is 13.0 Å². The predicted octanol–water partition coefficient (Wildman–Crippen LogP) is 2.74. The molecule has 0 aliphatic carbocycles. The Bertz CT molecular complexity index is 599. The molecule has 0 heterocycles. The minimum absolute atomic E-state index is 0.0928. The molecule has 5 heteroatoms. The van der Waals surface area contributed by atoms with E-state index >= 15 is 0 Å². The van der Waals surface area contributed by atoms with Crippen LogP contribution in [0.3, 0.4) is 0 Å². The monoisotopic (exact) mass is 290 g/mol. The summed E-state index contributed by atoms with van der Waals surface area (Å²) in [5, 5.41) is 5.45. The summed E-state index contributed by atoms with van der Waals surface area (Å²) >= 11 is 0. The Labute approximate surface area is 122 Å². The van der Waals surface area contributed by atoms with Crippen LogP contribution >= 0.6 is 0 Å². The molecule has 0 atom stereocenters. The Hall–Kier alpha value is -2.27. The van der Waals surface area contributed by atoms with Crippen molar-refractivity contribution in [3.05, 3.63) is 65.7 Å². The molecule has 1 amide bonds. The highest BCUT2D eigenvalue weighted by Gasteiger charge is 2.05. The van der Waals surface area contributed by atoms with Gasteiger partial charge in [0.15, 0.2) is 0 Å². The number of amides is 1. The lowest BCUT2D eigenvalue weighted by molar-refractivity contribution is -0.115. The molecule has 110 valence electrons. The van der Waals surface area contributed by atoms with Gasteiger partial charge in [-0.15, -0.1) is 0 Å². The molecular formula is C16H16F2N2O. The van der Waals surface area contributed by atoms with Gasteiger partial charge in [-0.1, -0.05) is 24.3 Å². The third-order valence-electron chi connectivity index (χ3n) is 2.94. The minimum Gasteiger partial charge on any atom is -0.322 e. The van der Waals surface area contributed by atoms with Gasteiger partial charge in [0.2, 0.25) is 5.91 Å². The van der Waals surface area contributed by atoms with Gasteiger partial charge in [-0.2, -0.15) is 0 Å². The van der Waals surface area contributed by atoms with Crippen LogP contribution in [0.2, 0.25) is 0 Å². The smallest absolute Gasteiger partial charge is 0.238 e. The summed E-state index contributed by atoms with van der Waals surface area (Å²) in [5.41, 5.74) is 1.15. The van der Waals surface area contributed by atoms with Crippen LogP contribution in [-0.4, -0.2) is 19.0 Å². The molecule has 0 bridgehead atoms. The molecule has 2 N–H and O–H groups in total. The highest BCUT2D eigenvalue weighted by atomic mass is 19.1. The Balaban J connectivity index is 1.70. The molecule has 0 aliphatic rings. The van der Waals surface area contributed by atoms with Gasteiger partial charge in [0.1, 0.15) is 11.6 Å². The fourth-order valence-corrected chi connectivity index (χ4v) is 1.84. The predicted molar refractivity (Wildman–Crippen MR) is 78.0 cm³/mol. The first-order chi connectivity index (χ1) is 10.1. The fourth-order valence-electron chi connectivity index (χ4n) is 1.84. The van der Waals surface area contributed by atoms with Crippen molar-refractivity contribution >= 4 is 11.6 Å². The second-order valence-corrected chi connectivity index (χ2v) is 4.58. The maximum Gasteiger partial charge on any atom is 0.238 e. The molecule has 2 aromatic rings. The summed E-state index contributed by atoms with van der Waals surface area (Å²) in [6.45, 7) is 0.672. The van der Waals surface area contributed by atoms with Crippen molar-refractivity contribution in [2.45, 2.75) is 6.42 Å². The Kier molecular flexibility index (Phi) is 5.40. The summed E-state index contributed by atoms with van der Waals surface area (Å²) in [6.07, 6.45) is 0.688. The molecule has 0 unspecified atom stereocenters. The van der Waals surface area contributed by atoms with Crippen molar-refractivity contribution in [2.24, 2.45) is 0 Å². The lowest BCUT2D eigenvalue weighted by atomic mass is 10.1. The van der Waals surface area contributed by atoms with Gasteiger partial charge >= 0.3 is 0 Å². The SMILES string of the molecule is O=C(CNCCc1ccc(F)cc1)Nc1ccccc1F. The van der Waals surface area contributed by atoms with Crippen LogP contribution in [0.25, 0.3) is 0 Å². The summed E-state index contributed by atoms with van der Waals surface area (Å²) in [5.74, 6) is -1.03. The van der Waals surface area contributed by atoms with E-state index in [1.807, 2.05) is 0 Å². The minimum atomic E-state index is -0.461. The van der Waals surface area contributed by atoms with Crippen LogP contribution in [0.1, 0.15) is 5.56 Å². The van der Waals surface area contributed by atoms with Crippen LogP contribution in [0.5, 0.6) is 0 Å². The van der Waals surface area contributed by atoms with Crippen LogP contribution < -0.4 is 10.6 Å². The summed E-state index contributed by atoms with van der Waals surface area (Å²) in [6, 6.07) is 12.2. The number of anilines is 1. The fraction of sp³-hybridized carbons (Fsp3) is 0.188.